The summed E-state index contributed by atoms with van der Waals surface area (Å²) in [6.07, 6.45) is -2.40. The highest BCUT2D eigenvalue weighted by Crippen LogP contribution is 2.36. The molecule has 3 rings (SSSR count). The van der Waals surface area contributed by atoms with Crippen LogP contribution in [-0.2, 0) is 23.9 Å². The Balaban J connectivity index is 1.78. The van der Waals surface area contributed by atoms with Crippen LogP contribution in [0.4, 0.5) is 24.8 Å². The summed E-state index contributed by atoms with van der Waals surface area (Å²) in [7, 11) is 0. The van der Waals surface area contributed by atoms with Crippen LogP contribution in [0.25, 0.3) is 0 Å². The van der Waals surface area contributed by atoms with Crippen molar-refractivity contribution in [2.45, 2.75) is 59.7 Å². The molecule has 0 bridgehead atoms. The number of alkyl halides is 3. The van der Waals surface area contributed by atoms with E-state index in [-0.39, 0.29) is 11.3 Å². The molecule has 2 aromatic rings. The molecule has 1 aliphatic heterocycles. The molecule has 0 saturated heterocycles. The Labute approximate surface area is 172 Å². The Kier molecular flexibility index (Phi) is 5.89. The largest absolute Gasteiger partial charge is 0.425 e. The maximum Gasteiger partial charge on any atom is 0.425 e. The summed E-state index contributed by atoms with van der Waals surface area (Å²) in [5, 5.41) is 2.85. The first-order valence-corrected chi connectivity index (χ1v) is 10.3. The van der Waals surface area contributed by atoms with Gasteiger partial charge in [-0.1, -0.05) is 20.8 Å². The Hall–Kier alpha value is -2.16. The average Bonchev–Trinajstić information content (AvgIpc) is 3.03. The van der Waals surface area contributed by atoms with Crippen molar-refractivity contribution in [3.63, 3.8) is 0 Å². The van der Waals surface area contributed by atoms with Crippen LogP contribution in [-0.4, -0.2) is 22.4 Å². The highest BCUT2D eigenvalue weighted by Gasteiger charge is 2.33. The molecule has 158 valence electrons. The van der Waals surface area contributed by atoms with Gasteiger partial charge in [0.1, 0.15) is 4.88 Å². The van der Waals surface area contributed by atoms with Crippen LogP contribution in [0.3, 0.4) is 0 Å². The van der Waals surface area contributed by atoms with Gasteiger partial charge in [-0.2, -0.15) is 13.2 Å². The number of hydrogen-bond acceptors (Lipinski definition) is 5. The molecule has 2 aromatic heterocycles. The number of carbonyl (C=O) groups is 1. The number of aryl methyl sites for hydroxylation is 2. The SMILES string of the molecule is Cc1nc2c(nc1NC(=O)CC(C)(C)C)CCCN2Cc1ccc(C(F)(F)F)s1. The third-order valence-corrected chi connectivity index (χ3v) is 5.61. The van der Waals surface area contributed by atoms with Gasteiger partial charge < -0.3 is 10.2 Å². The van der Waals surface area contributed by atoms with Gasteiger partial charge in [0.2, 0.25) is 5.91 Å². The van der Waals surface area contributed by atoms with Crippen molar-refractivity contribution in [1.82, 2.24) is 9.97 Å². The van der Waals surface area contributed by atoms with Crippen LogP contribution in [0.15, 0.2) is 12.1 Å². The predicted molar refractivity (Wildman–Crippen MR) is 108 cm³/mol. The van der Waals surface area contributed by atoms with Gasteiger partial charge in [-0.25, -0.2) is 9.97 Å². The molecular weight excluding hydrogens is 401 g/mol. The maximum atomic E-state index is 12.9. The molecule has 0 unspecified atom stereocenters. The van der Waals surface area contributed by atoms with E-state index in [0.29, 0.717) is 41.7 Å². The quantitative estimate of drug-likeness (QED) is 0.731. The van der Waals surface area contributed by atoms with Crippen LogP contribution >= 0.6 is 11.3 Å². The Morgan fingerprint density at radius 2 is 1.97 bits per heavy atom. The van der Waals surface area contributed by atoms with E-state index in [4.69, 9.17) is 0 Å². The number of nitrogens with one attached hydrogen (secondary N) is 1. The zero-order chi connectivity index (χ0) is 21.4. The highest BCUT2D eigenvalue weighted by atomic mass is 32.1. The van der Waals surface area contributed by atoms with Crippen LogP contribution in [0, 0.1) is 12.3 Å². The summed E-state index contributed by atoms with van der Waals surface area (Å²) in [6.45, 7) is 8.81. The number of fused-ring (bicyclic) bond motifs is 1. The van der Waals surface area contributed by atoms with Gasteiger partial charge >= 0.3 is 6.18 Å². The molecule has 5 nitrogen and oxygen atoms in total. The van der Waals surface area contributed by atoms with Crippen LogP contribution in [0.5, 0.6) is 0 Å². The number of nitrogens with zero attached hydrogens (tertiary/aromatic N) is 3. The van der Waals surface area contributed by atoms with Crippen molar-refractivity contribution in [2.75, 3.05) is 16.8 Å². The first kappa shape index (κ1) is 21.5. The van der Waals surface area contributed by atoms with Crippen LogP contribution < -0.4 is 10.2 Å². The predicted octanol–water partition coefficient (Wildman–Crippen LogP) is 5.19. The average molecular weight is 427 g/mol. The molecule has 9 heteroatoms. The van der Waals surface area contributed by atoms with Crippen LogP contribution in [0.2, 0.25) is 0 Å². The number of amides is 1. The molecule has 0 aliphatic carbocycles. The Bertz CT molecular complexity index is 902. The molecule has 0 atom stereocenters. The number of thiophene rings is 1. The zero-order valence-electron chi connectivity index (χ0n) is 17.0. The van der Waals surface area contributed by atoms with Crippen molar-refractivity contribution in [2.24, 2.45) is 5.41 Å². The third kappa shape index (κ3) is 5.46. The summed E-state index contributed by atoms with van der Waals surface area (Å²) in [4.78, 5) is 23.5. The van der Waals surface area contributed by atoms with Gasteiger partial charge in [-0.3, -0.25) is 4.79 Å². The first-order valence-electron chi connectivity index (χ1n) is 9.50. The minimum Gasteiger partial charge on any atom is -0.350 e. The van der Waals surface area contributed by atoms with E-state index in [2.05, 4.69) is 15.3 Å². The van der Waals surface area contributed by atoms with E-state index >= 15 is 0 Å². The number of hydrogen-bond donors (Lipinski definition) is 1. The van der Waals surface area contributed by atoms with E-state index in [0.717, 1.165) is 35.9 Å². The summed E-state index contributed by atoms with van der Waals surface area (Å²) in [5.74, 6) is 1.03. The van der Waals surface area contributed by atoms with Crippen LogP contribution in [0.1, 0.15) is 54.8 Å². The molecular formula is C20H25F3N4OS. The number of aromatic nitrogens is 2. The summed E-state index contributed by atoms with van der Waals surface area (Å²) < 4.78 is 38.6. The van der Waals surface area contributed by atoms with E-state index in [1.807, 2.05) is 25.7 Å². The van der Waals surface area contributed by atoms with E-state index in [1.54, 1.807) is 6.92 Å². The summed E-state index contributed by atoms with van der Waals surface area (Å²) >= 11 is 0.757. The second kappa shape index (κ2) is 7.93. The fourth-order valence-electron chi connectivity index (χ4n) is 3.24. The molecule has 0 saturated carbocycles. The standard InChI is InChI=1S/C20H25F3N4OS/c1-12-17(26-16(28)10-19(2,3)4)25-14-6-5-9-27(18(14)24-12)11-13-7-8-15(29-13)20(21,22)23/h7-8H,5-6,9-11H2,1-4H3,(H,25,26,28). The second-order valence-electron chi connectivity index (χ2n) is 8.50. The molecule has 29 heavy (non-hydrogen) atoms. The molecule has 1 amide bonds. The first-order chi connectivity index (χ1) is 13.4. The molecule has 1 aliphatic rings. The molecule has 1 N–H and O–H groups in total. The molecule has 0 fully saturated rings. The maximum absolute atomic E-state index is 12.9. The van der Waals surface area contributed by atoms with Gasteiger partial charge in [0, 0.05) is 17.8 Å². The lowest BCUT2D eigenvalue weighted by Gasteiger charge is -2.30. The summed E-state index contributed by atoms with van der Waals surface area (Å²) in [6, 6.07) is 2.64. The molecule has 3 heterocycles. The minimum absolute atomic E-state index is 0.110. The van der Waals surface area contributed by atoms with Gasteiger partial charge in [0.15, 0.2) is 11.6 Å². The van der Waals surface area contributed by atoms with Crippen molar-refractivity contribution >= 4 is 28.9 Å². The monoisotopic (exact) mass is 426 g/mol. The second-order valence-corrected chi connectivity index (χ2v) is 9.67. The normalized spacial score (nSPS) is 14.7. The number of carbonyl (C=O) groups excluding carboxylic acids is 1. The van der Waals surface area contributed by atoms with Gasteiger partial charge in [0.25, 0.3) is 0 Å². The minimum atomic E-state index is -4.32. The highest BCUT2D eigenvalue weighted by molar-refractivity contribution is 7.12. The molecule has 0 aromatic carbocycles. The van der Waals surface area contributed by atoms with Gasteiger partial charge in [-0.05, 0) is 37.3 Å². The van der Waals surface area contributed by atoms with Gasteiger partial charge in [0.05, 0.1) is 17.9 Å². The van der Waals surface area contributed by atoms with Crippen molar-refractivity contribution in [3.8, 4) is 0 Å². The van der Waals surface area contributed by atoms with Crippen molar-refractivity contribution < 1.29 is 18.0 Å². The lowest BCUT2D eigenvalue weighted by Crippen LogP contribution is -2.31. The smallest absolute Gasteiger partial charge is 0.350 e. The van der Waals surface area contributed by atoms with Crippen molar-refractivity contribution in [1.29, 1.82) is 0 Å². The fourth-order valence-corrected chi connectivity index (χ4v) is 4.13. The van der Waals surface area contributed by atoms with Crippen molar-refractivity contribution in [3.05, 3.63) is 33.3 Å². The topological polar surface area (TPSA) is 58.1 Å². The lowest BCUT2D eigenvalue weighted by atomic mass is 9.92. The zero-order valence-corrected chi connectivity index (χ0v) is 17.8. The molecule has 0 spiro atoms. The molecule has 0 radical (unpaired) electrons. The Morgan fingerprint density at radius 3 is 2.59 bits per heavy atom. The van der Waals surface area contributed by atoms with E-state index in [9.17, 15) is 18.0 Å². The van der Waals surface area contributed by atoms with E-state index in [1.165, 1.54) is 6.07 Å². The number of halogens is 3. The summed E-state index contributed by atoms with van der Waals surface area (Å²) in [5.41, 5.74) is 1.23. The number of rotatable bonds is 4. The Morgan fingerprint density at radius 1 is 1.24 bits per heavy atom. The third-order valence-electron chi connectivity index (χ3n) is 4.50. The lowest BCUT2D eigenvalue weighted by molar-refractivity contribution is -0.134. The number of anilines is 2. The van der Waals surface area contributed by atoms with E-state index < -0.39 is 11.1 Å². The van der Waals surface area contributed by atoms with Gasteiger partial charge in [-0.15, -0.1) is 11.3 Å². The fraction of sp³-hybridized carbons (Fsp3) is 0.550.